The molecule has 100 valence electrons. The zero-order valence-corrected chi connectivity index (χ0v) is 11.4. The fourth-order valence-corrected chi connectivity index (χ4v) is 2.62. The molecule has 0 radical (unpaired) electrons. The van der Waals surface area contributed by atoms with E-state index in [1.807, 2.05) is 25.1 Å². The van der Waals surface area contributed by atoms with Crippen LogP contribution in [0.15, 0.2) is 18.2 Å². The van der Waals surface area contributed by atoms with Crippen LogP contribution in [0.3, 0.4) is 0 Å². The fourth-order valence-electron chi connectivity index (χ4n) is 2.62. The number of hydrogen-bond donors (Lipinski definition) is 1. The molecule has 1 N–H and O–H groups in total. The van der Waals surface area contributed by atoms with Gasteiger partial charge in [0.2, 0.25) is 0 Å². The van der Waals surface area contributed by atoms with Crippen LogP contribution in [0.2, 0.25) is 0 Å². The number of methoxy groups -OCH3 is 1. The van der Waals surface area contributed by atoms with Crippen LogP contribution >= 0.6 is 0 Å². The van der Waals surface area contributed by atoms with Gasteiger partial charge < -0.3 is 14.7 Å². The molecule has 0 aromatic heterocycles. The van der Waals surface area contributed by atoms with Crippen molar-refractivity contribution >= 4 is 0 Å². The first-order valence-corrected chi connectivity index (χ1v) is 6.75. The summed E-state index contributed by atoms with van der Waals surface area (Å²) in [5, 5.41) is 10.3. The second kappa shape index (κ2) is 6.21. The Morgan fingerprint density at radius 2 is 2.06 bits per heavy atom. The number of aryl methyl sites for hydroxylation is 1. The summed E-state index contributed by atoms with van der Waals surface area (Å²) in [6.45, 7) is 5.40. The number of nitrogens with zero attached hydrogens (tertiary/aromatic N) is 1. The van der Waals surface area contributed by atoms with Crippen molar-refractivity contribution in [2.45, 2.75) is 32.3 Å². The molecule has 0 amide bonds. The summed E-state index contributed by atoms with van der Waals surface area (Å²) in [4.78, 5) is 2.43. The maximum Gasteiger partial charge on any atom is 0.119 e. The molecule has 18 heavy (non-hydrogen) atoms. The van der Waals surface area contributed by atoms with E-state index in [-0.39, 0.29) is 6.10 Å². The zero-order chi connectivity index (χ0) is 13.0. The molecule has 1 aromatic carbocycles. The Hall–Kier alpha value is -1.06. The number of rotatable bonds is 5. The molecule has 2 rings (SSSR count). The Morgan fingerprint density at radius 3 is 2.67 bits per heavy atom. The molecule has 0 aliphatic carbocycles. The van der Waals surface area contributed by atoms with Gasteiger partial charge in [0.25, 0.3) is 0 Å². The monoisotopic (exact) mass is 249 g/mol. The van der Waals surface area contributed by atoms with Crippen molar-refractivity contribution in [2.75, 3.05) is 26.7 Å². The third-order valence-corrected chi connectivity index (χ3v) is 3.75. The van der Waals surface area contributed by atoms with Crippen LogP contribution in [0.5, 0.6) is 5.75 Å². The quantitative estimate of drug-likeness (QED) is 0.870. The summed E-state index contributed by atoms with van der Waals surface area (Å²) >= 11 is 0. The number of likely N-dealkylation sites (tertiary alicyclic amines) is 1. The topological polar surface area (TPSA) is 32.7 Å². The number of ether oxygens (including phenoxy) is 1. The molecule has 1 aliphatic heterocycles. The number of aliphatic hydroxyl groups excluding tert-OH is 1. The number of aliphatic hydroxyl groups is 1. The highest BCUT2D eigenvalue weighted by Crippen LogP contribution is 2.25. The van der Waals surface area contributed by atoms with Gasteiger partial charge in [-0.15, -0.1) is 0 Å². The minimum absolute atomic E-state index is 0.364. The van der Waals surface area contributed by atoms with Gasteiger partial charge in [0, 0.05) is 6.54 Å². The lowest BCUT2D eigenvalue weighted by molar-refractivity contribution is 0.148. The Bertz CT molecular complexity index is 386. The summed E-state index contributed by atoms with van der Waals surface area (Å²) in [5.41, 5.74) is 2.12. The predicted molar refractivity (Wildman–Crippen MR) is 73.0 cm³/mol. The van der Waals surface area contributed by atoms with Gasteiger partial charge in [0.15, 0.2) is 0 Å². The molecule has 1 aliphatic rings. The maximum absolute atomic E-state index is 10.3. The largest absolute Gasteiger partial charge is 0.497 e. The van der Waals surface area contributed by atoms with Gasteiger partial charge in [0.05, 0.1) is 13.2 Å². The SMILES string of the molecule is COc1ccc(C(O)CCN2CCCC2)c(C)c1. The Balaban J connectivity index is 1.93. The van der Waals surface area contributed by atoms with E-state index in [0.717, 1.165) is 29.8 Å². The summed E-state index contributed by atoms with van der Waals surface area (Å²) in [7, 11) is 1.66. The molecule has 1 fully saturated rings. The van der Waals surface area contributed by atoms with E-state index in [9.17, 15) is 5.11 Å². The van der Waals surface area contributed by atoms with Gasteiger partial charge in [-0.1, -0.05) is 6.07 Å². The Labute approximate surface area is 109 Å². The van der Waals surface area contributed by atoms with Gasteiger partial charge in [-0.25, -0.2) is 0 Å². The van der Waals surface area contributed by atoms with E-state index in [1.165, 1.54) is 25.9 Å². The normalized spacial score (nSPS) is 17.9. The van der Waals surface area contributed by atoms with E-state index >= 15 is 0 Å². The van der Waals surface area contributed by atoms with Crippen molar-refractivity contribution in [1.82, 2.24) is 4.90 Å². The summed E-state index contributed by atoms with van der Waals surface area (Å²) < 4.78 is 5.18. The summed E-state index contributed by atoms with van der Waals surface area (Å²) in [6, 6.07) is 5.87. The molecule has 1 heterocycles. The molecular formula is C15H23NO2. The van der Waals surface area contributed by atoms with Crippen LogP contribution in [-0.4, -0.2) is 36.8 Å². The molecular weight excluding hydrogens is 226 g/mol. The first-order valence-electron chi connectivity index (χ1n) is 6.75. The Kier molecular flexibility index (Phi) is 4.61. The van der Waals surface area contributed by atoms with E-state index in [0.29, 0.717) is 0 Å². The van der Waals surface area contributed by atoms with Gasteiger partial charge >= 0.3 is 0 Å². The molecule has 3 nitrogen and oxygen atoms in total. The van der Waals surface area contributed by atoms with Crippen molar-refractivity contribution in [3.8, 4) is 5.75 Å². The highest BCUT2D eigenvalue weighted by atomic mass is 16.5. The van der Waals surface area contributed by atoms with E-state index in [2.05, 4.69) is 4.90 Å². The molecule has 1 saturated heterocycles. The van der Waals surface area contributed by atoms with Crippen LogP contribution in [0.1, 0.15) is 36.5 Å². The molecule has 3 heteroatoms. The first-order chi connectivity index (χ1) is 8.70. The smallest absolute Gasteiger partial charge is 0.119 e. The van der Waals surface area contributed by atoms with Crippen molar-refractivity contribution in [1.29, 1.82) is 0 Å². The van der Waals surface area contributed by atoms with Crippen molar-refractivity contribution in [3.05, 3.63) is 29.3 Å². The third kappa shape index (κ3) is 3.24. The second-order valence-corrected chi connectivity index (χ2v) is 5.08. The molecule has 1 aromatic rings. The second-order valence-electron chi connectivity index (χ2n) is 5.08. The zero-order valence-electron chi connectivity index (χ0n) is 11.4. The highest BCUT2D eigenvalue weighted by molar-refractivity contribution is 5.35. The highest BCUT2D eigenvalue weighted by Gasteiger charge is 2.15. The van der Waals surface area contributed by atoms with Crippen molar-refractivity contribution in [3.63, 3.8) is 0 Å². The minimum atomic E-state index is -0.364. The lowest BCUT2D eigenvalue weighted by Crippen LogP contribution is -2.22. The van der Waals surface area contributed by atoms with Gasteiger partial charge in [-0.3, -0.25) is 0 Å². The van der Waals surface area contributed by atoms with Crippen molar-refractivity contribution < 1.29 is 9.84 Å². The maximum atomic E-state index is 10.3. The lowest BCUT2D eigenvalue weighted by atomic mass is 10.0. The molecule has 0 spiro atoms. The van der Waals surface area contributed by atoms with Crippen molar-refractivity contribution in [2.24, 2.45) is 0 Å². The van der Waals surface area contributed by atoms with Crippen LogP contribution < -0.4 is 4.74 Å². The predicted octanol–water partition coefficient (Wildman–Crippen LogP) is 2.52. The fraction of sp³-hybridized carbons (Fsp3) is 0.600. The molecule has 1 atom stereocenters. The third-order valence-electron chi connectivity index (χ3n) is 3.75. The Morgan fingerprint density at radius 1 is 1.33 bits per heavy atom. The average Bonchev–Trinajstić information content (AvgIpc) is 2.88. The summed E-state index contributed by atoms with van der Waals surface area (Å²) in [5.74, 6) is 0.850. The number of hydrogen-bond acceptors (Lipinski definition) is 3. The standard InChI is InChI=1S/C15H23NO2/c1-12-11-13(18-2)5-6-14(12)15(17)7-10-16-8-3-4-9-16/h5-6,11,15,17H,3-4,7-10H2,1-2H3. The van der Waals surface area contributed by atoms with Crippen LogP contribution in [0.4, 0.5) is 0 Å². The van der Waals surface area contributed by atoms with Gasteiger partial charge in [0.1, 0.15) is 5.75 Å². The van der Waals surface area contributed by atoms with E-state index in [1.54, 1.807) is 7.11 Å². The lowest BCUT2D eigenvalue weighted by Gasteiger charge is -2.19. The molecule has 0 saturated carbocycles. The minimum Gasteiger partial charge on any atom is -0.497 e. The van der Waals surface area contributed by atoms with Crippen LogP contribution in [0, 0.1) is 6.92 Å². The van der Waals surface area contributed by atoms with Crippen LogP contribution in [0.25, 0.3) is 0 Å². The van der Waals surface area contributed by atoms with E-state index in [4.69, 9.17) is 4.74 Å². The van der Waals surface area contributed by atoms with E-state index < -0.39 is 0 Å². The molecule has 0 bridgehead atoms. The van der Waals surface area contributed by atoms with Gasteiger partial charge in [-0.2, -0.15) is 0 Å². The number of benzene rings is 1. The van der Waals surface area contributed by atoms with Gasteiger partial charge in [-0.05, 0) is 62.5 Å². The first kappa shape index (κ1) is 13.4. The van der Waals surface area contributed by atoms with Crippen LogP contribution in [-0.2, 0) is 0 Å². The molecule has 1 unspecified atom stereocenters. The average molecular weight is 249 g/mol. The summed E-state index contributed by atoms with van der Waals surface area (Å²) in [6.07, 6.45) is 3.05.